The van der Waals surface area contributed by atoms with E-state index in [2.05, 4.69) is 0 Å². The van der Waals surface area contributed by atoms with Crippen molar-refractivity contribution >= 4 is 23.2 Å². The van der Waals surface area contributed by atoms with Crippen LogP contribution in [-0.4, -0.2) is 32.0 Å². The van der Waals surface area contributed by atoms with Crippen LogP contribution in [0.15, 0.2) is 42.5 Å². The first kappa shape index (κ1) is 19.4. The SMILES string of the molecule is Cc1ccc(C)c(N(C)CC(=O)N(CCC(N)=O)c2ccc(F)cc2)c1. The number of benzene rings is 2. The minimum absolute atomic E-state index is 0.0380. The molecule has 0 saturated carbocycles. The Hall–Kier alpha value is -2.89. The zero-order valence-corrected chi connectivity index (χ0v) is 15.3. The molecule has 0 bridgehead atoms. The first-order valence-corrected chi connectivity index (χ1v) is 8.40. The second kappa shape index (κ2) is 8.47. The molecule has 26 heavy (non-hydrogen) atoms. The van der Waals surface area contributed by atoms with Crippen LogP contribution < -0.4 is 15.5 Å². The van der Waals surface area contributed by atoms with Crippen LogP contribution in [0.4, 0.5) is 15.8 Å². The summed E-state index contributed by atoms with van der Waals surface area (Å²) in [7, 11) is 1.84. The summed E-state index contributed by atoms with van der Waals surface area (Å²) in [4.78, 5) is 27.3. The number of nitrogens with zero attached hydrogens (tertiary/aromatic N) is 2. The Balaban J connectivity index is 2.20. The lowest BCUT2D eigenvalue weighted by atomic mass is 10.1. The van der Waals surface area contributed by atoms with E-state index in [4.69, 9.17) is 5.73 Å². The molecule has 2 rings (SSSR count). The molecule has 2 N–H and O–H groups in total. The molecule has 2 aromatic rings. The normalized spacial score (nSPS) is 10.5. The maximum absolute atomic E-state index is 13.2. The molecular formula is C20H24FN3O2. The van der Waals surface area contributed by atoms with E-state index in [1.165, 1.54) is 29.2 Å². The molecule has 0 radical (unpaired) electrons. The number of rotatable bonds is 7. The van der Waals surface area contributed by atoms with E-state index >= 15 is 0 Å². The Morgan fingerprint density at radius 2 is 1.73 bits per heavy atom. The molecule has 0 spiro atoms. The highest BCUT2D eigenvalue weighted by Crippen LogP contribution is 2.21. The van der Waals surface area contributed by atoms with Gasteiger partial charge in [0.2, 0.25) is 11.8 Å². The maximum Gasteiger partial charge on any atom is 0.246 e. The molecule has 2 amide bonds. The second-order valence-corrected chi connectivity index (χ2v) is 6.38. The maximum atomic E-state index is 13.2. The summed E-state index contributed by atoms with van der Waals surface area (Å²) in [5.74, 6) is -1.07. The Morgan fingerprint density at radius 3 is 2.35 bits per heavy atom. The van der Waals surface area contributed by atoms with Gasteiger partial charge in [-0.25, -0.2) is 4.39 Å². The fourth-order valence-corrected chi connectivity index (χ4v) is 2.74. The lowest BCUT2D eigenvalue weighted by molar-refractivity contribution is -0.118. The molecule has 0 aliphatic rings. The highest BCUT2D eigenvalue weighted by Gasteiger charge is 2.19. The largest absolute Gasteiger partial charge is 0.370 e. The topological polar surface area (TPSA) is 66.6 Å². The minimum Gasteiger partial charge on any atom is -0.370 e. The predicted octanol–water partition coefficient (Wildman–Crippen LogP) is 2.79. The van der Waals surface area contributed by atoms with Gasteiger partial charge in [-0.15, -0.1) is 0 Å². The van der Waals surface area contributed by atoms with Crippen LogP contribution in [-0.2, 0) is 9.59 Å². The van der Waals surface area contributed by atoms with E-state index < -0.39 is 5.91 Å². The zero-order valence-electron chi connectivity index (χ0n) is 15.3. The molecular weight excluding hydrogens is 333 g/mol. The molecule has 0 aliphatic heterocycles. The Morgan fingerprint density at radius 1 is 1.08 bits per heavy atom. The van der Waals surface area contributed by atoms with E-state index in [9.17, 15) is 14.0 Å². The van der Waals surface area contributed by atoms with Crippen molar-refractivity contribution in [3.05, 3.63) is 59.4 Å². The summed E-state index contributed by atoms with van der Waals surface area (Å²) in [6.45, 7) is 4.26. The monoisotopic (exact) mass is 357 g/mol. The number of carbonyl (C=O) groups excluding carboxylic acids is 2. The summed E-state index contributed by atoms with van der Waals surface area (Å²) in [5.41, 5.74) is 8.90. The summed E-state index contributed by atoms with van der Waals surface area (Å²) in [5, 5.41) is 0. The molecule has 0 unspecified atom stereocenters. The number of likely N-dealkylation sites (N-methyl/N-ethyl adjacent to an activating group) is 1. The van der Waals surface area contributed by atoms with Gasteiger partial charge in [0.1, 0.15) is 5.82 Å². The van der Waals surface area contributed by atoms with E-state index in [-0.39, 0.29) is 31.2 Å². The van der Waals surface area contributed by atoms with Crippen molar-refractivity contribution in [3.8, 4) is 0 Å². The van der Waals surface area contributed by atoms with Gasteiger partial charge in [0.15, 0.2) is 0 Å². The van der Waals surface area contributed by atoms with Crippen molar-refractivity contribution in [2.45, 2.75) is 20.3 Å². The Kier molecular flexibility index (Phi) is 6.33. The number of halogens is 1. The summed E-state index contributed by atoms with van der Waals surface area (Å²) in [6.07, 6.45) is 0.0380. The van der Waals surface area contributed by atoms with Crippen molar-refractivity contribution in [3.63, 3.8) is 0 Å². The van der Waals surface area contributed by atoms with E-state index in [0.29, 0.717) is 5.69 Å². The minimum atomic E-state index is -0.493. The lowest BCUT2D eigenvalue weighted by Crippen LogP contribution is -2.41. The van der Waals surface area contributed by atoms with E-state index in [0.717, 1.165) is 16.8 Å². The molecule has 0 aliphatic carbocycles. The van der Waals surface area contributed by atoms with Crippen molar-refractivity contribution in [1.29, 1.82) is 0 Å². The van der Waals surface area contributed by atoms with Gasteiger partial charge in [-0.05, 0) is 55.3 Å². The molecule has 2 aromatic carbocycles. The van der Waals surface area contributed by atoms with Gasteiger partial charge in [0, 0.05) is 31.4 Å². The molecule has 0 fully saturated rings. The van der Waals surface area contributed by atoms with Crippen LogP contribution in [0.5, 0.6) is 0 Å². The number of amides is 2. The molecule has 138 valence electrons. The van der Waals surface area contributed by atoms with Crippen LogP contribution in [0.25, 0.3) is 0 Å². The van der Waals surface area contributed by atoms with Gasteiger partial charge >= 0.3 is 0 Å². The average molecular weight is 357 g/mol. The summed E-state index contributed by atoms with van der Waals surface area (Å²) in [6, 6.07) is 11.7. The summed E-state index contributed by atoms with van der Waals surface area (Å²) < 4.78 is 13.2. The van der Waals surface area contributed by atoms with Gasteiger partial charge in [-0.1, -0.05) is 12.1 Å². The molecule has 0 atom stereocenters. The van der Waals surface area contributed by atoms with Crippen molar-refractivity contribution < 1.29 is 14.0 Å². The van der Waals surface area contributed by atoms with Gasteiger partial charge in [-0.3, -0.25) is 9.59 Å². The fourth-order valence-electron chi connectivity index (χ4n) is 2.74. The zero-order chi connectivity index (χ0) is 19.3. The highest BCUT2D eigenvalue weighted by atomic mass is 19.1. The van der Waals surface area contributed by atoms with E-state index in [1.54, 1.807) is 0 Å². The van der Waals surface area contributed by atoms with Crippen LogP contribution in [0.1, 0.15) is 17.5 Å². The van der Waals surface area contributed by atoms with Gasteiger partial charge in [-0.2, -0.15) is 0 Å². The Bertz CT molecular complexity index is 790. The average Bonchev–Trinajstić information content (AvgIpc) is 2.58. The third-order valence-corrected chi connectivity index (χ3v) is 4.17. The standard InChI is InChI=1S/C20H24FN3O2/c1-14-4-5-15(2)18(12-14)23(3)13-20(26)24(11-10-19(22)25)17-8-6-16(21)7-9-17/h4-9,12H,10-11,13H2,1-3H3,(H2,22,25). The Labute approximate surface area is 153 Å². The number of hydrogen-bond donors (Lipinski definition) is 1. The molecule has 0 aromatic heterocycles. The van der Waals surface area contributed by atoms with Crippen molar-refractivity contribution in [1.82, 2.24) is 0 Å². The first-order valence-electron chi connectivity index (χ1n) is 8.40. The van der Waals surface area contributed by atoms with Crippen LogP contribution >= 0.6 is 0 Å². The lowest BCUT2D eigenvalue weighted by Gasteiger charge is -2.27. The predicted molar refractivity (Wildman–Crippen MR) is 102 cm³/mol. The third kappa shape index (κ3) is 5.05. The number of carbonyl (C=O) groups is 2. The van der Waals surface area contributed by atoms with Crippen LogP contribution in [0.3, 0.4) is 0 Å². The van der Waals surface area contributed by atoms with Crippen LogP contribution in [0.2, 0.25) is 0 Å². The second-order valence-electron chi connectivity index (χ2n) is 6.38. The van der Waals surface area contributed by atoms with Gasteiger partial charge in [0.25, 0.3) is 0 Å². The highest BCUT2D eigenvalue weighted by molar-refractivity contribution is 5.97. The van der Waals surface area contributed by atoms with E-state index in [1.807, 2.05) is 44.0 Å². The van der Waals surface area contributed by atoms with Crippen molar-refractivity contribution in [2.75, 3.05) is 29.9 Å². The first-order chi connectivity index (χ1) is 12.3. The molecule has 0 saturated heterocycles. The van der Waals surface area contributed by atoms with Gasteiger partial charge in [0.05, 0.1) is 6.54 Å². The number of aryl methyl sites for hydroxylation is 2. The fraction of sp³-hybridized carbons (Fsp3) is 0.300. The number of anilines is 2. The number of hydrogen-bond acceptors (Lipinski definition) is 3. The molecule has 5 nitrogen and oxygen atoms in total. The van der Waals surface area contributed by atoms with Gasteiger partial charge < -0.3 is 15.5 Å². The van der Waals surface area contributed by atoms with Crippen LogP contribution in [0, 0.1) is 19.7 Å². The quantitative estimate of drug-likeness (QED) is 0.829. The third-order valence-electron chi connectivity index (χ3n) is 4.17. The van der Waals surface area contributed by atoms with Crippen molar-refractivity contribution in [2.24, 2.45) is 5.73 Å². The number of primary amides is 1. The summed E-state index contributed by atoms with van der Waals surface area (Å²) >= 11 is 0. The number of nitrogens with two attached hydrogens (primary N) is 1. The smallest absolute Gasteiger partial charge is 0.246 e. The molecule has 6 heteroatoms. The molecule has 0 heterocycles.